The molecule has 0 fully saturated rings. The van der Waals surface area contributed by atoms with Gasteiger partial charge in [0.05, 0.1) is 26.1 Å². The van der Waals surface area contributed by atoms with E-state index >= 15 is 0 Å². The minimum absolute atomic E-state index is 0.386. The number of nitrogens with two attached hydrogens (primary N) is 1. The molecular formula is C12H15N3O2. The molecule has 0 aliphatic rings. The predicted octanol–water partition coefficient (Wildman–Crippen LogP) is 1.98. The topological polar surface area (TPSA) is 73.2 Å². The molecule has 0 amide bonds. The molecule has 0 unspecified atom stereocenters. The van der Waals surface area contributed by atoms with E-state index in [2.05, 4.69) is 9.97 Å². The Morgan fingerprint density at radius 1 is 1.24 bits per heavy atom. The standard InChI is InChI=1S/C12H15N3O2/c1-7-4-8(16-2)5-10(17-3)11(7)9-6-14-12(13)15-9/h4-6H,1-3H3,(H3,13,14,15). The molecule has 1 aromatic carbocycles. The zero-order chi connectivity index (χ0) is 12.4. The number of methoxy groups -OCH3 is 2. The number of aromatic nitrogens is 2. The van der Waals surface area contributed by atoms with Gasteiger partial charge >= 0.3 is 0 Å². The van der Waals surface area contributed by atoms with E-state index in [1.807, 2.05) is 19.1 Å². The SMILES string of the molecule is COc1cc(C)c(-c2cnc(N)[nH]2)c(OC)c1. The fraction of sp³-hybridized carbons (Fsp3) is 0.250. The number of nitrogens with zero attached hydrogens (tertiary/aromatic N) is 1. The third kappa shape index (κ3) is 2.04. The number of anilines is 1. The van der Waals surface area contributed by atoms with Crippen LogP contribution in [0.25, 0.3) is 11.3 Å². The van der Waals surface area contributed by atoms with Crippen LogP contribution in [0.2, 0.25) is 0 Å². The molecule has 0 bridgehead atoms. The van der Waals surface area contributed by atoms with E-state index in [-0.39, 0.29) is 0 Å². The summed E-state index contributed by atoms with van der Waals surface area (Å²) in [6.45, 7) is 1.98. The van der Waals surface area contributed by atoms with Crippen LogP contribution in [0.5, 0.6) is 11.5 Å². The summed E-state index contributed by atoms with van der Waals surface area (Å²) in [5.41, 5.74) is 8.39. The van der Waals surface area contributed by atoms with Crippen molar-refractivity contribution in [2.45, 2.75) is 6.92 Å². The number of rotatable bonds is 3. The summed E-state index contributed by atoms with van der Waals surface area (Å²) in [5.74, 6) is 1.87. The number of aryl methyl sites for hydroxylation is 1. The van der Waals surface area contributed by atoms with Crippen LogP contribution in [-0.2, 0) is 0 Å². The van der Waals surface area contributed by atoms with Crippen LogP contribution in [0.3, 0.4) is 0 Å². The van der Waals surface area contributed by atoms with Crippen molar-refractivity contribution in [1.82, 2.24) is 9.97 Å². The predicted molar refractivity (Wildman–Crippen MR) is 66.3 cm³/mol. The molecular weight excluding hydrogens is 218 g/mol. The third-order valence-electron chi connectivity index (χ3n) is 2.59. The zero-order valence-corrected chi connectivity index (χ0v) is 10.1. The second kappa shape index (κ2) is 4.37. The second-order valence-corrected chi connectivity index (χ2v) is 3.70. The van der Waals surface area contributed by atoms with Gasteiger partial charge < -0.3 is 20.2 Å². The van der Waals surface area contributed by atoms with Gasteiger partial charge in [-0.3, -0.25) is 0 Å². The van der Waals surface area contributed by atoms with E-state index < -0.39 is 0 Å². The summed E-state index contributed by atoms with van der Waals surface area (Å²) in [5, 5.41) is 0. The molecule has 90 valence electrons. The van der Waals surface area contributed by atoms with Crippen molar-refractivity contribution in [3.8, 4) is 22.8 Å². The lowest BCUT2D eigenvalue weighted by Crippen LogP contribution is -1.94. The Balaban J connectivity index is 2.60. The van der Waals surface area contributed by atoms with E-state index in [0.717, 1.165) is 28.3 Å². The lowest BCUT2D eigenvalue weighted by molar-refractivity contribution is 0.395. The van der Waals surface area contributed by atoms with Gasteiger partial charge in [0.1, 0.15) is 11.5 Å². The fourth-order valence-corrected chi connectivity index (χ4v) is 1.81. The Labute approximate surface area is 99.6 Å². The molecule has 0 radical (unpaired) electrons. The maximum atomic E-state index is 5.58. The average Bonchev–Trinajstić information content (AvgIpc) is 2.74. The minimum atomic E-state index is 0.386. The zero-order valence-electron chi connectivity index (χ0n) is 10.1. The van der Waals surface area contributed by atoms with Crippen LogP contribution >= 0.6 is 0 Å². The van der Waals surface area contributed by atoms with E-state index in [1.54, 1.807) is 20.4 Å². The summed E-state index contributed by atoms with van der Waals surface area (Å²) in [6.07, 6.45) is 1.69. The number of H-pyrrole nitrogens is 1. The average molecular weight is 233 g/mol. The van der Waals surface area contributed by atoms with Crippen LogP contribution in [0.1, 0.15) is 5.56 Å². The van der Waals surface area contributed by atoms with Gasteiger partial charge in [0.25, 0.3) is 0 Å². The number of hydrogen-bond donors (Lipinski definition) is 2. The number of aromatic amines is 1. The van der Waals surface area contributed by atoms with Gasteiger partial charge in [-0.1, -0.05) is 0 Å². The smallest absolute Gasteiger partial charge is 0.197 e. The Morgan fingerprint density at radius 3 is 2.53 bits per heavy atom. The van der Waals surface area contributed by atoms with Crippen LogP contribution in [0, 0.1) is 6.92 Å². The highest BCUT2D eigenvalue weighted by atomic mass is 16.5. The van der Waals surface area contributed by atoms with Crippen molar-refractivity contribution in [3.63, 3.8) is 0 Å². The summed E-state index contributed by atoms with van der Waals surface area (Å²) in [7, 11) is 3.25. The summed E-state index contributed by atoms with van der Waals surface area (Å²) >= 11 is 0. The number of ether oxygens (including phenoxy) is 2. The van der Waals surface area contributed by atoms with Gasteiger partial charge in [0.2, 0.25) is 0 Å². The molecule has 0 atom stereocenters. The first-order valence-electron chi connectivity index (χ1n) is 5.19. The molecule has 0 aliphatic heterocycles. The van der Waals surface area contributed by atoms with E-state index in [1.165, 1.54) is 0 Å². The van der Waals surface area contributed by atoms with Crippen molar-refractivity contribution in [3.05, 3.63) is 23.9 Å². The highest BCUT2D eigenvalue weighted by Gasteiger charge is 2.13. The number of benzene rings is 1. The molecule has 0 saturated carbocycles. The molecule has 5 heteroatoms. The first kappa shape index (κ1) is 11.3. The number of nitrogen functional groups attached to an aromatic ring is 1. The Bertz CT molecular complexity index is 535. The molecule has 1 aromatic heterocycles. The molecule has 0 aliphatic carbocycles. The highest BCUT2D eigenvalue weighted by molar-refractivity contribution is 5.72. The Morgan fingerprint density at radius 2 is 2.00 bits per heavy atom. The first-order chi connectivity index (χ1) is 8.15. The summed E-state index contributed by atoms with van der Waals surface area (Å²) < 4.78 is 10.6. The van der Waals surface area contributed by atoms with Crippen LogP contribution in [0.15, 0.2) is 18.3 Å². The van der Waals surface area contributed by atoms with Crippen molar-refractivity contribution in [2.75, 3.05) is 20.0 Å². The molecule has 5 nitrogen and oxygen atoms in total. The monoisotopic (exact) mass is 233 g/mol. The third-order valence-corrected chi connectivity index (χ3v) is 2.59. The summed E-state index contributed by atoms with van der Waals surface area (Å²) in [6, 6.07) is 3.77. The van der Waals surface area contributed by atoms with E-state index in [0.29, 0.717) is 5.95 Å². The maximum Gasteiger partial charge on any atom is 0.197 e. The van der Waals surface area contributed by atoms with Gasteiger partial charge in [-0.25, -0.2) is 4.98 Å². The molecule has 0 saturated heterocycles. The molecule has 3 N–H and O–H groups in total. The Kier molecular flexibility index (Phi) is 2.91. The van der Waals surface area contributed by atoms with Crippen LogP contribution < -0.4 is 15.2 Å². The van der Waals surface area contributed by atoms with E-state index in [4.69, 9.17) is 15.2 Å². The quantitative estimate of drug-likeness (QED) is 0.850. The molecule has 2 rings (SSSR count). The second-order valence-electron chi connectivity index (χ2n) is 3.70. The first-order valence-corrected chi connectivity index (χ1v) is 5.19. The minimum Gasteiger partial charge on any atom is -0.497 e. The van der Waals surface area contributed by atoms with Gasteiger partial charge in [-0.15, -0.1) is 0 Å². The molecule has 2 aromatic rings. The van der Waals surface area contributed by atoms with Gasteiger partial charge in [-0.2, -0.15) is 0 Å². The lowest BCUT2D eigenvalue weighted by atomic mass is 10.0. The van der Waals surface area contributed by atoms with Gasteiger partial charge in [0, 0.05) is 11.6 Å². The lowest BCUT2D eigenvalue weighted by Gasteiger charge is -2.12. The molecule has 1 heterocycles. The van der Waals surface area contributed by atoms with Crippen LogP contribution in [0.4, 0.5) is 5.95 Å². The number of nitrogens with one attached hydrogen (secondary N) is 1. The summed E-state index contributed by atoms with van der Waals surface area (Å²) in [4.78, 5) is 6.98. The van der Waals surface area contributed by atoms with Crippen LogP contribution in [-0.4, -0.2) is 24.2 Å². The Hall–Kier alpha value is -2.17. The van der Waals surface area contributed by atoms with Crippen molar-refractivity contribution in [2.24, 2.45) is 0 Å². The fourth-order valence-electron chi connectivity index (χ4n) is 1.81. The number of hydrogen-bond acceptors (Lipinski definition) is 4. The van der Waals surface area contributed by atoms with Crippen molar-refractivity contribution < 1.29 is 9.47 Å². The maximum absolute atomic E-state index is 5.58. The molecule has 0 spiro atoms. The van der Waals surface area contributed by atoms with Crippen molar-refractivity contribution >= 4 is 5.95 Å². The van der Waals surface area contributed by atoms with E-state index in [9.17, 15) is 0 Å². The largest absolute Gasteiger partial charge is 0.497 e. The van der Waals surface area contributed by atoms with Crippen molar-refractivity contribution in [1.29, 1.82) is 0 Å². The van der Waals surface area contributed by atoms with Gasteiger partial charge in [0.15, 0.2) is 5.95 Å². The normalized spacial score (nSPS) is 10.3. The highest BCUT2D eigenvalue weighted by Crippen LogP contribution is 2.35. The number of imidazole rings is 1. The van der Waals surface area contributed by atoms with Gasteiger partial charge in [-0.05, 0) is 18.6 Å². The molecule has 17 heavy (non-hydrogen) atoms.